The van der Waals surface area contributed by atoms with Gasteiger partial charge in [-0.1, -0.05) is 0 Å². The number of aryl methyl sites for hydroxylation is 1. The first kappa shape index (κ1) is 9.93. The average Bonchev–Trinajstić information content (AvgIpc) is 2.71. The molecule has 4 heteroatoms. The molecular weight excluding hydrogens is 196 g/mol. The second-order valence-corrected chi connectivity index (χ2v) is 4.27. The topological polar surface area (TPSA) is 29.9 Å². The Labute approximate surface area is 89.1 Å². The van der Waals surface area contributed by atoms with Gasteiger partial charge in [0.15, 0.2) is 4.77 Å². The number of hydrogen-bond acceptors (Lipinski definition) is 2. The molecule has 2 heterocycles. The number of aromatic nitrogens is 2. The smallest absolute Gasteiger partial charge is 0.177 e. The van der Waals surface area contributed by atoms with E-state index in [9.17, 15) is 0 Å². The summed E-state index contributed by atoms with van der Waals surface area (Å²) in [5, 5.41) is 0. The van der Waals surface area contributed by atoms with Gasteiger partial charge in [0, 0.05) is 18.0 Å². The predicted octanol–water partition coefficient (Wildman–Crippen LogP) is 2.34. The van der Waals surface area contributed by atoms with E-state index in [0.29, 0.717) is 6.10 Å². The van der Waals surface area contributed by atoms with Crippen LogP contribution in [0.2, 0.25) is 0 Å². The molecule has 1 atom stereocenters. The van der Waals surface area contributed by atoms with Crippen LogP contribution in [-0.2, 0) is 11.3 Å². The van der Waals surface area contributed by atoms with E-state index in [2.05, 4.69) is 23.4 Å². The summed E-state index contributed by atoms with van der Waals surface area (Å²) in [6.07, 6.45) is 2.70. The van der Waals surface area contributed by atoms with Crippen LogP contribution >= 0.6 is 12.2 Å². The van der Waals surface area contributed by atoms with Crippen molar-refractivity contribution in [1.82, 2.24) is 9.55 Å². The lowest BCUT2D eigenvalue weighted by Gasteiger charge is -2.11. The van der Waals surface area contributed by atoms with Crippen molar-refractivity contribution in [3.05, 3.63) is 16.2 Å². The lowest BCUT2D eigenvalue weighted by molar-refractivity contribution is 0.0962. The minimum atomic E-state index is 0.357. The van der Waals surface area contributed by atoms with E-state index in [4.69, 9.17) is 17.0 Å². The van der Waals surface area contributed by atoms with Crippen molar-refractivity contribution in [2.45, 2.75) is 39.3 Å². The Bertz CT molecular complexity index is 374. The lowest BCUT2D eigenvalue weighted by Crippen LogP contribution is -2.16. The molecule has 1 N–H and O–H groups in total. The van der Waals surface area contributed by atoms with Gasteiger partial charge in [0.1, 0.15) is 0 Å². The first-order chi connectivity index (χ1) is 6.68. The maximum absolute atomic E-state index is 5.60. The van der Waals surface area contributed by atoms with Crippen LogP contribution in [0.1, 0.15) is 24.2 Å². The summed E-state index contributed by atoms with van der Waals surface area (Å²) in [6.45, 7) is 5.95. The number of imidazole rings is 1. The van der Waals surface area contributed by atoms with Gasteiger partial charge in [-0.3, -0.25) is 0 Å². The van der Waals surface area contributed by atoms with Crippen molar-refractivity contribution in [3.63, 3.8) is 0 Å². The zero-order valence-electron chi connectivity index (χ0n) is 8.67. The van der Waals surface area contributed by atoms with Gasteiger partial charge in [0.05, 0.1) is 12.6 Å². The Kier molecular flexibility index (Phi) is 2.74. The number of hydrogen-bond donors (Lipinski definition) is 1. The molecule has 1 aromatic heterocycles. The van der Waals surface area contributed by atoms with Gasteiger partial charge in [-0.15, -0.1) is 0 Å². The Morgan fingerprint density at radius 1 is 1.57 bits per heavy atom. The molecule has 1 saturated heterocycles. The molecule has 3 nitrogen and oxygen atoms in total. The van der Waals surface area contributed by atoms with Gasteiger partial charge in [-0.05, 0) is 38.9 Å². The van der Waals surface area contributed by atoms with Gasteiger partial charge < -0.3 is 14.3 Å². The van der Waals surface area contributed by atoms with Crippen molar-refractivity contribution in [2.24, 2.45) is 0 Å². The van der Waals surface area contributed by atoms with Crippen LogP contribution in [0, 0.1) is 18.6 Å². The summed E-state index contributed by atoms with van der Waals surface area (Å²) in [7, 11) is 0. The first-order valence-corrected chi connectivity index (χ1v) is 5.47. The van der Waals surface area contributed by atoms with Crippen LogP contribution in [0.25, 0.3) is 0 Å². The van der Waals surface area contributed by atoms with Gasteiger partial charge in [-0.2, -0.15) is 0 Å². The Morgan fingerprint density at radius 3 is 2.86 bits per heavy atom. The summed E-state index contributed by atoms with van der Waals surface area (Å²) in [6, 6.07) is 0. The third kappa shape index (κ3) is 1.77. The molecule has 0 bridgehead atoms. The molecule has 2 rings (SSSR count). The molecule has 0 radical (unpaired) electrons. The first-order valence-electron chi connectivity index (χ1n) is 5.06. The van der Waals surface area contributed by atoms with Crippen LogP contribution in [0.3, 0.4) is 0 Å². The van der Waals surface area contributed by atoms with E-state index < -0.39 is 0 Å². The molecule has 1 aliphatic heterocycles. The molecule has 0 aliphatic carbocycles. The zero-order valence-corrected chi connectivity index (χ0v) is 9.49. The number of rotatable bonds is 2. The van der Waals surface area contributed by atoms with E-state index in [-0.39, 0.29) is 0 Å². The van der Waals surface area contributed by atoms with E-state index in [0.717, 1.165) is 30.0 Å². The fourth-order valence-electron chi connectivity index (χ4n) is 1.88. The quantitative estimate of drug-likeness (QED) is 0.763. The van der Waals surface area contributed by atoms with Crippen LogP contribution in [0.15, 0.2) is 0 Å². The van der Waals surface area contributed by atoms with Gasteiger partial charge >= 0.3 is 0 Å². The number of aromatic amines is 1. The average molecular weight is 212 g/mol. The number of nitrogens with one attached hydrogen (secondary N) is 1. The maximum atomic E-state index is 5.60. The highest BCUT2D eigenvalue weighted by Crippen LogP contribution is 2.16. The fraction of sp³-hybridized carbons (Fsp3) is 0.700. The normalized spacial score (nSPS) is 21.7. The molecule has 0 aromatic carbocycles. The molecule has 1 aliphatic rings. The van der Waals surface area contributed by atoms with E-state index in [1.165, 1.54) is 12.1 Å². The lowest BCUT2D eigenvalue weighted by atomic mass is 10.2. The summed E-state index contributed by atoms with van der Waals surface area (Å²) < 4.78 is 8.55. The van der Waals surface area contributed by atoms with Crippen LogP contribution in [-0.4, -0.2) is 22.3 Å². The standard InChI is InChI=1S/C10H16N2OS/c1-7-8(2)12(10(14)11-7)6-9-4-3-5-13-9/h9H,3-6H2,1-2H3,(H,11,14). The molecule has 1 aromatic rings. The van der Waals surface area contributed by atoms with Gasteiger partial charge in [0.2, 0.25) is 0 Å². The Hall–Kier alpha value is -0.610. The van der Waals surface area contributed by atoms with Crippen LogP contribution in [0.4, 0.5) is 0 Å². The minimum Gasteiger partial charge on any atom is -0.376 e. The van der Waals surface area contributed by atoms with Crippen LogP contribution < -0.4 is 0 Å². The van der Waals surface area contributed by atoms with Crippen molar-refractivity contribution in [3.8, 4) is 0 Å². The van der Waals surface area contributed by atoms with E-state index in [1.807, 2.05) is 0 Å². The minimum absolute atomic E-state index is 0.357. The fourth-order valence-corrected chi connectivity index (χ4v) is 2.25. The second kappa shape index (κ2) is 3.87. The third-order valence-corrected chi connectivity index (χ3v) is 3.22. The van der Waals surface area contributed by atoms with Crippen molar-refractivity contribution in [1.29, 1.82) is 0 Å². The van der Waals surface area contributed by atoms with E-state index >= 15 is 0 Å². The SMILES string of the molecule is Cc1[nH]c(=S)n(CC2CCCO2)c1C. The Balaban J connectivity index is 2.19. The molecular formula is C10H16N2OS. The molecule has 0 amide bonds. The Morgan fingerprint density at radius 2 is 2.36 bits per heavy atom. The maximum Gasteiger partial charge on any atom is 0.177 e. The zero-order chi connectivity index (χ0) is 10.1. The molecule has 1 unspecified atom stereocenters. The predicted molar refractivity (Wildman–Crippen MR) is 58.1 cm³/mol. The highest BCUT2D eigenvalue weighted by molar-refractivity contribution is 7.71. The molecule has 0 spiro atoms. The molecule has 1 fully saturated rings. The number of H-pyrrole nitrogens is 1. The second-order valence-electron chi connectivity index (χ2n) is 3.89. The van der Waals surface area contributed by atoms with Crippen LogP contribution in [0.5, 0.6) is 0 Å². The summed E-state index contributed by atoms with van der Waals surface area (Å²) in [4.78, 5) is 3.17. The van der Waals surface area contributed by atoms with Gasteiger partial charge in [0.25, 0.3) is 0 Å². The monoisotopic (exact) mass is 212 g/mol. The summed E-state index contributed by atoms with van der Waals surface area (Å²) in [5.41, 5.74) is 2.39. The van der Waals surface area contributed by atoms with Crippen molar-refractivity contribution < 1.29 is 4.74 Å². The highest BCUT2D eigenvalue weighted by Gasteiger charge is 2.17. The molecule has 0 saturated carbocycles. The number of ether oxygens (including phenoxy) is 1. The largest absolute Gasteiger partial charge is 0.376 e. The third-order valence-electron chi connectivity index (χ3n) is 2.90. The number of nitrogens with zero attached hydrogens (tertiary/aromatic N) is 1. The van der Waals surface area contributed by atoms with Gasteiger partial charge in [-0.25, -0.2) is 0 Å². The summed E-state index contributed by atoms with van der Waals surface area (Å²) in [5.74, 6) is 0. The van der Waals surface area contributed by atoms with Crippen molar-refractivity contribution in [2.75, 3.05) is 6.61 Å². The summed E-state index contributed by atoms with van der Waals surface area (Å²) >= 11 is 5.25. The molecule has 78 valence electrons. The van der Waals surface area contributed by atoms with Crippen molar-refractivity contribution >= 4 is 12.2 Å². The highest BCUT2D eigenvalue weighted by atomic mass is 32.1. The molecule has 14 heavy (non-hydrogen) atoms. The van der Waals surface area contributed by atoms with E-state index in [1.54, 1.807) is 0 Å².